The van der Waals surface area contributed by atoms with Crippen LogP contribution in [0.4, 0.5) is 4.79 Å². The molecule has 7 heteroatoms. The molecule has 1 aliphatic rings. The van der Waals surface area contributed by atoms with Crippen molar-refractivity contribution in [3.05, 3.63) is 59.7 Å². The number of ether oxygens (including phenoxy) is 1. The molecule has 2 amide bonds. The van der Waals surface area contributed by atoms with Crippen LogP contribution in [0.1, 0.15) is 30.9 Å². The maximum absolute atomic E-state index is 12.3. The summed E-state index contributed by atoms with van der Waals surface area (Å²) in [5.74, 6) is -1.51. The van der Waals surface area contributed by atoms with Crippen molar-refractivity contribution >= 4 is 18.0 Å². The second kappa shape index (κ2) is 8.77. The van der Waals surface area contributed by atoms with Crippen molar-refractivity contribution in [3.8, 4) is 11.1 Å². The van der Waals surface area contributed by atoms with E-state index in [2.05, 4.69) is 17.4 Å². The summed E-state index contributed by atoms with van der Waals surface area (Å²) < 4.78 is 5.46. The highest BCUT2D eigenvalue weighted by Crippen LogP contribution is 2.44. The number of alkyl carbamates (subject to hydrolysis) is 1. The predicted octanol–water partition coefficient (Wildman–Crippen LogP) is 2.85. The molecule has 0 radical (unpaired) electrons. The van der Waals surface area contributed by atoms with Crippen LogP contribution in [-0.2, 0) is 14.3 Å². The molecule has 2 N–H and O–H groups in total. The Morgan fingerprint density at radius 3 is 2.14 bits per heavy atom. The van der Waals surface area contributed by atoms with Gasteiger partial charge in [-0.15, -0.1) is 0 Å². The van der Waals surface area contributed by atoms with E-state index >= 15 is 0 Å². The van der Waals surface area contributed by atoms with Crippen LogP contribution in [0.2, 0.25) is 0 Å². The van der Waals surface area contributed by atoms with E-state index in [0.29, 0.717) is 0 Å². The smallest absolute Gasteiger partial charge is 0.407 e. The van der Waals surface area contributed by atoms with E-state index in [9.17, 15) is 14.4 Å². The summed E-state index contributed by atoms with van der Waals surface area (Å²) in [6, 6.07) is 15.7. The number of carboxylic acid groups (broad SMARTS) is 1. The van der Waals surface area contributed by atoms with Crippen molar-refractivity contribution in [2.45, 2.75) is 25.8 Å². The number of carbonyl (C=O) groups is 3. The van der Waals surface area contributed by atoms with Crippen molar-refractivity contribution in [2.75, 3.05) is 19.7 Å². The number of nitrogens with one attached hydrogen (secondary N) is 1. The van der Waals surface area contributed by atoms with E-state index in [0.717, 1.165) is 27.2 Å². The molecule has 2 aromatic carbocycles. The molecule has 1 atom stereocenters. The molecular formula is C22H24N2O5. The average Bonchev–Trinajstić information content (AvgIpc) is 2.99. The van der Waals surface area contributed by atoms with Crippen LogP contribution in [0, 0.1) is 0 Å². The molecule has 0 saturated heterocycles. The Kier molecular flexibility index (Phi) is 6.16. The topological polar surface area (TPSA) is 95.9 Å². The summed E-state index contributed by atoms with van der Waals surface area (Å²) in [6.45, 7) is 2.86. The first-order valence-corrected chi connectivity index (χ1v) is 9.45. The van der Waals surface area contributed by atoms with Gasteiger partial charge in [-0.2, -0.15) is 0 Å². The van der Waals surface area contributed by atoms with E-state index in [1.54, 1.807) is 6.92 Å². The molecular weight excluding hydrogens is 372 g/mol. The third-order valence-corrected chi connectivity index (χ3v) is 4.97. The van der Waals surface area contributed by atoms with Crippen LogP contribution in [0.5, 0.6) is 0 Å². The van der Waals surface area contributed by atoms with Gasteiger partial charge < -0.3 is 20.1 Å². The van der Waals surface area contributed by atoms with Crippen LogP contribution in [0.25, 0.3) is 11.1 Å². The van der Waals surface area contributed by atoms with Crippen LogP contribution >= 0.6 is 0 Å². The molecule has 152 valence electrons. The van der Waals surface area contributed by atoms with Gasteiger partial charge in [0.1, 0.15) is 13.2 Å². The van der Waals surface area contributed by atoms with Crippen molar-refractivity contribution in [1.29, 1.82) is 0 Å². The summed E-state index contributed by atoms with van der Waals surface area (Å²) in [5, 5.41) is 11.5. The standard InChI is InChI=1S/C22H24N2O5/c1-14(11-24(15(2)25)12-21(26)27)23-22(28)29-13-20-18-9-5-3-7-16(18)17-8-4-6-10-19(17)20/h3-10,14,20H,11-13H2,1-2H3,(H,23,28)(H,26,27)/t14-/m0/s1. The molecule has 0 spiro atoms. The fraction of sp³-hybridized carbons (Fsp3) is 0.318. The molecule has 0 heterocycles. The Bertz CT molecular complexity index is 881. The van der Waals surface area contributed by atoms with E-state index in [-0.39, 0.29) is 25.0 Å². The molecule has 7 nitrogen and oxygen atoms in total. The van der Waals surface area contributed by atoms with Crippen LogP contribution in [0.3, 0.4) is 0 Å². The number of aliphatic carboxylic acids is 1. The number of rotatable bonds is 7. The number of fused-ring (bicyclic) bond motifs is 3. The largest absolute Gasteiger partial charge is 0.480 e. The molecule has 0 fully saturated rings. The Morgan fingerprint density at radius 1 is 1.07 bits per heavy atom. The number of hydrogen-bond donors (Lipinski definition) is 2. The lowest BCUT2D eigenvalue weighted by Crippen LogP contribution is -2.45. The maximum Gasteiger partial charge on any atom is 0.407 e. The summed E-state index contributed by atoms with van der Waals surface area (Å²) in [7, 11) is 0. The Labute approximate surface area is 169 Å². The van der Waals surface area contributed by atoms with Gasteiger partial charge >= 0.3 is 12.1 Å². The molecule has 29 heavy (non-hydrogen) atoms. The molecule has 0 saturated carbocycles. The van der Waals surface area contributed by atoms with Gasteiger partial charge in [-0.1, -0.05) is 48.5 Å². The van der Waals surface area contributed by atoms with Gasteiger partial charge in [-0.3, -0.25) is 9.59 Å². The molecule has 3 rings (SSSR count). The first-order chi connectivity index (χ1) is 13.9. The van der Waals surface area contributed by atoms with E-state index in [1.807, 2.05) is 36.4 Å². The summed E-state index contributed by atoms with van der Waals surface area (Å²) >= 11 is 0. The lowest BCUT2D eigenvalue weighted by molar-refractivity contribution is -0.143. The second-order valence-corrected chi connectivity index (χ2v) is 7.16. The lowest BCUT2D eigenvalue weighted by Gasteiger charge is -2.24. The molecule has 0 unspecified atom stereocenters. The number of benzene rings is 2. The van der Waals surface area contributed by atoms with Crippen LogP contribution in [0.15, 0.2) is 48.5 Å². The highest BCUT2D eigenvalue weighted by molar-refractivity contribution is 5.80. The van der Waals surface area contributed by atoms with Gasteiger partial charge in [-0.25, -0.2) is 4.79 Å². The number of hydrogen-bond acceptors (Lipinski definition) is 4. The second-order valence-electron chi connectivity index (χ2n) is 7.16. The van der Waals surface area contributed by atoms with Crippen molar-refractivity contribution in [3.63, 3.8) is 0 Å². The number of amides is 2. The van der Waals surface area contributed by atoms with Gasteiger partial charge in [0.05, 0.1) is 0 Å². The summed E-state index contributed by atoms with van der Waals surface area (Å²) in [5.41, 5.74) is 4.55. The van der Waals surface area contributed by atoms with E-state index in [4.69, 9.17) is 9.84 Å². The molecule has 2 aromatic rings. The first-order valence-electron chi connectivity index (χ1n) is 9.45. The quantitative estimate of drug-likeness (QED) is 0.750. The van der Waals surface area contributed by atoms with Crippen molar-refractivity contribution in [2.24, 2.45) is 0 Å². The first kappa shape index (κ1) is 20.4. The van der Waals surface area contributed by atoms with Crippen molar-refractivity contribution < 1.29 is 24.2 Å². The Hall–Kier alpha value is -3.35. The molecule has 0 aromatic heterocycles. The molecule has 0 aliphatic heterocycles. The number of carboxylic acids is 1. The third kappa shape index (κ3) is 4.74. The predicted molar refractivity (Wildman–Crippen MR) is 108 cm³/mol. The average molecular weight is 396 g/mol. The highest BCUT2D eigenvalue weighted by Gasteiger charge is 2.29. The van der Waals surface area contributed by atoms with E-state index in [1.165, 1.54) is 6.92 Å². The monoisotopic (exact) mass is 396 g/mol. The molecule has 1 aliphatic carbocycles. The third-order valence-electron chi connectivity index (χ3n) is 4.97. The Balaban J connectivity index is 1.60. The minimum atomic E-state index is -1.10. The zero-order valence-corrected chi connectivity index (χ0v) is 16.4. The zero-order valence-electron chi connectivity index (χ0n) is 16.4. The summed E-state index contributed by atoms with van der Waals surface area (Å²) in [4.78, 5) is 35.8. The van der Waals surface area contributed by atoms with Crippen LogP contribution in [-0.4, -0.2) is 53.7 Å². The van der Waals surface area contributed by atoms with Gasteiger partial charge in [0, 0.05) is 25.4 Å². The number of nitrogens with zero attached hydrogens (tertiary/aromatic N) is 1. The van der Waals surface area contributed by atoms with Gasteiger partial charge in [0.2, 0.25) is 5.91 Å². The lowest BCUT2D eigenvalue weighted by atomic mass is 9.98. The SMILES string of the molecule is CC(=O)N(CC(=O)O)C[C@H](C)NC(=O)OCC1c2ccccc2-c2ccccc21. The normalized spacial score (nSPS) is 13.2. The minimum Gasteiger partial charge on any atom is -0.480 e. The van der Waals surface area contributed by atoms with Gasteiger partial charge in [-0.05, 0) is 29.2 Å². The molecule has 0 bridgehead atoms. The maximum atomic E-state index is 12.3. The van der Waals surface area contributed by atoms with Crippen molar-refractivity contribution in [1.82, 2.24) is 10.2 Å². The fourth-order valence-electron chi connectivity index (χ4n) is 3.69. The number of carbonyl (C=O) groups excluding carboxylic acids is 2. The highest BCUT2D eigenvalue weighted by atomic mass is 16.5. The van der Waals surface area contributed by atoms with Gasteiger partial charge in [0.25, 0.3) is 0 Å². The van der Waals surface area contributed by atoms with E-state index < -0.39 is 24.6 Å². The summed E-state index contributed by atoms with van der Waals surface area (Å²) in [6.07, 6.45) is -0.599. The minimum absolute atomic E-state index is 0.0378. The van der Waals surface area contributed by atoms with Gasteiger partial charge in [0.15, 0.2) is 0 Å². The van der Waals surface area contributed by atoms with Crippen LogP contribution < -0.4 is 5.32 Å². The zero-order chi connectivity index (χ0) is 21.0. The fourth-order valence-corrected chi connectivity index (χ4v) is 3.69. The Morgan fingerprint density at radius 2 is 1.62 bits per heavy atom.